The smallest absolute Gasteiger partial charge is 0.463 e. The maximum absolute atomic E-state index is 11.8. The number of carbonyl (C=O) groups is 1. The number of hydrogen-bond acceptors (Lipinski definition) is 7. The normalized spacial score (nSPS) is 14.2. The Bertz CT molecular complexity index is 479. The molecule has 4 N–H and O–H groups in total. The van der Waals surface area contributed by atoms with Gasteiger partial charge < -0.3 is 20.5 Å². The Morgan fingerprint density at radius 1 is 0.875 bits per heavy atom. The van der Waals surface area contributed by atoms with Crippen LogP contribution in [0.2, 0.25) is 0 Å². The highest BCUT2D eigenvalue weighted by atomic mass is 31.2. The summed E-state index contributed by atoms with van der Waals surface area (Å²) >= 11 is 0. The van der Waals surface area contributed by atoms with E-state index in [1.165, 1.54) is 77.0 Å². The van der Waals surface area contributed by atoms with Crippen molar-refractivity contribution in [2.75, 3.05) is 26.4 Å². The number of aliphatic hydroxyl groups is 1. The molecule has 0 radical (unpaired) electrons. The minimum Gasteiger partial charge on any atom is -0.463 e. The molecule has 0 amide bonds. The zero-order chi connectivity index (χ0) is 23.9. The summed E-state index contributed by atoms with van der Waals surface area (Å²) in [5, 5.41) is 9.22. The number of phosphoric ester groups is 1. The standard InChI is InChI=1S/C23H48NO7P/c1-2-3-4-5-6-7-8-9-10-11-12-13-14-15-16-17-23(26)29-21-22(20-25)31-32(27,28)30-19-18-24/h22,25H,2-21,24H2,1H3,(H,27,28)/t22-/m0/s1. The third-order valence-corrected chi connectivity index (χ3v) is 6.35. The number of carbonyl (C=O) groups excluding carboxylic acids is 1. The molecule has 8 nitrogen and oxygen atoms in total. The molecular weight excluding hydrogens is 433 g/mol. The molecule has 0 heterocycles. The Morgan fingerprint density at radius 3 is 1.78 bits per heavy atom. The van der Waals surface area contributed by atoms with Gasteiger partial charge in [0.25, 0.3) is 0 Å². The van der Waals surface area contributed by atoms with Crippen LogP contribution in [0, 0.1) is 0 Å². The van der Waals surface area contributed by atoms with Crippen molar-refractivity contribution < 1.29 is 33.1 Å². The lowest BCUT2D eigenvalue weighted by Crippen LogP contribution is -2.25. The van der Waals surface area contributed by atoms with Crippen molar-refractivity contribution in [3.8, 4) is 0 Å². The van der Waals surface area contributed by atoms with Gasteiger partial charge in [0.1, 0.15) is 12.7 Å². The largest absolute Gasteiger partial charge is 0.472 e. The number of hydrogen-bond donors (Lipinski definition) is 3. The number of rotatable bonds is 24. The van der Waals surface area contributed by atoms with Gasteiger partial charge in [-0.1, -0.05) is 96.8 Å². The van der Waals surface area contributed by atoms with Crippen LogP contribution in [0.5, 0.6) is 0 Å². The number of nitrogens with two attached hydrogens (primary N) is 1. The van der Waals surface area contributed by atoms with E-state index in [0.717, 1.165) is 19.3 Å². The highest BCUT2D eigenvalue weighted by Gasteiger charge is 2.27. The predicted octanol–water partition coefficient (Wildman–Crippen LogP) is 5.24. The van der Waals surface area contributed by atoms with Gasteiger partial charge in [-0.05, 0) is 6.42 Å². The molecule has 0 aliphatic heterocycles. The highest BCUT2D eigenvalue weighted by Crippen LogP contribution is 2.44. The maximum atomic E-state index is 11.8. The first-order chi connectivity index (χ1) is 15.4. The van der Waals surface area contributed by atoms with E-state index in [4.69, 9.17) is 15.0 Å². The lowest BCUT2D eigenvalue weighted by Gasteiger charge is -2.18. The minimum absolute atomic E-state index is 0.0615. The lowest BCUT2D eigenvalue weighted by atomic mass is 10.0. The SMILES string of the molecule is CCCCCCCCCCCCCCCCCC(=O)OC[C@H](CO)OP(=O)(O)OCCN. The van der Waals surface area contributed by atoms with E-state index in [1.807, 2.05) is 0 Å². The summed E-state index contributed by atoms with van der Waals surface area (Å²) in [7, 11) is -4.33. The minimum atomic E-state index is -4.33. The molecule has 0 aromatic heterocycles. The molecular formula is C23H48NO7P. The first-order valence-electron chi connectivity index (χ1n) is 12.6. The molecule has 1 unspecified atom stereocenters. The van der Waals surface area contributed by atoms with Gasteiger partial charge >= 0.3 is 13.8 Å². The molecule has 0 aliphatic rings. The van der Waals surface area contributed by atoms with Gasteiger partial charge in [0, 0.05) is 13.0 Å². The molecule has 0 aromatic rings. The quantitative estimate of drug-likeness (QED) is 0.0969. The van der Waals surface area contributed by atoms with Crippen molar-refractivity contribution in [1.82, 2.24) is 0 Å². The van der Waals surface area contributed by atoms with Crippen molar-refractivity contribution in [3.63, 3.8) is 0 Å². The third-order valence-electron chi connectivity index (χ3n) is 5.27. The lowest BCUT2D eigenvalue weighted by molar-refractivity contribution is -0.147. The summed E-state index contributed by atoms with van der Waals surface area (Å²) in [5.41, 5.74) is 5.20. The van der Waals surface area contributed by atoms with E-state index in [2.05, 4.69) is 11.4 Å². The fourth-order valence-corrected chi connectivity index (χ4v) is 4.30. The molecule has 9 heteroatoms. The molecule has 0 aliphatic carbocycles. The van der Waals surface area contributed by atoms with Gasteiger partial charge in [0.15, 0.2) is 0 Å². The van der Waals surface area contributed by atoms with Crippen molar-refractivity contribution in [3.05, 3.63) is 0 Å². The Hall–Kier alpha value is -0.500. The van der Waals surface area contributed by atoms with Crippen LogP contribution >= 0.6 is 7.82 Å². The highest BCUT2D eigenvalue weighted by molar-refractivity contribution is 7.47. The molecule has 0 spiro atoms. The van der Waals surface area contributed by atoms with E-state index >= 15 is 0 Å². The molecule has 192 valence electrons. The van der Waals surface area contributed by atoms with Crippen LogP contribution in [-0.2, 0) is 23.1 Å². The molecule has 0 saturated carbocycles. The van der Waals surface area contributed by atoms with Gasteiger partial charge in [-0.2, -0.15) is 0 Å². The molecule has 2 atom stereocenters. The van der Waals surface area contributed by atoms with Crippen molar-refractivity contribution >= 4 is 13.8 Å². The van der Waals surface area contributed by atoms with E-state index in [1.54, 1.807) is 0 Å². The number of phosphoric acid groups is 1. The molecule has 32 heavy (non-hydrogen) atoms. The van der Waals surface area contributed by atoms with Crippen LogP contribution in [0.1, 0.15) is 110 Å². The Morgan fingerprint density at radius 2 is 1.34 bits per heavy atom. The first kappa shape index (κ1) is 31.5. The fourth-order valence-electron chi connectivity index (χ4n) is 3.40. The molecule has 0 bridgehead atoms. The second-order valence-corrected chi connectivity index (χ2v) is 9.79. The number of esters is 1. The Kier molecular flexibility index (Phi) is 22.0. The predicted molar refractivity (Wildman–Crippen MR) is 127 cm³/mol. The monoisotopic (exact) mass is 481 g/mol. The summed E-state index contributed by atoms with van der Waals surface area (Å²) in [6.07, 6.45) is 18.0. The molecule has 0 saturated heterocycles. The van der Waals surface area contributed by atoms with E-state index in [-0.39, 0.29) is 26.2 Å². The maximum Gasteiger partial charge on any atom is 0.472 e. The van der Waals surface area contributed by atoms with E-state index < -0.39 is 26.5 Å². The van der Waals surface area contributed by atoms with Gasteiger partial charge in [-0.3, -0.25) is 13.8 Å². The second kappa shape index (κ2) is 22.3. The van der Waals surface area contributed by atoms with Crippen molar-refractivity contribution in [2.45, 2.75) is 116 Å². The first-order valence-corrected chi connectivity index (χ1v) is 14.1. The topological polar surface area (TPSA) is 128 Å². The van der Waals surface area contributed by atoms with Crippen LogP contribution < -0.4 is 5.73 Å². The van der Waals surface area contributed by atoms with Gasteiger partial charge in [-0.25, -0.2) is 4.57 Å². The Balaban J connectivity index is 3.53. The third kappa shape index (κ3) is 21.4. The summed E-state index contributed by atoms with van der Waals surface area (Å²) in [4.78, 5) is 21.3. The Labute approximate surface area is 195 Å². The number of unbranched alkanes of at least 4 members (excludes halogenated alkanes) is 14. The van der Waals surface area contributed by atoms with Crippen LogP contribution in [-0.4, -0.2) is 48.4 Å². The summed E-state index contributed by atoms with van der Waals surface area (Å²) < 4.78 is 26.0. The molecule has 0 fully saturated rings. The van der Waals surface area contributed by atoms with Crippen LogP contribution in [0.4, 0.5) is 0 Å². The van der Waals surface area contributed by atoms with Crippen LogP contribution in [0.3, 0.4) is 0 Å². The summed E-state index contributed by atoms with van der Waals surface area (Å²) in [6.45, 7) is 1.30. The zero-order valence-corrected chi connectivity index (χ0v) is 21.1. The summed E-state index contributed by atoms with van der Waals surface area (Å²) in [5.74, 6) is -0.405. The second-order valence-electron chi connectivity index (χ2n) is 8.38. The van der Waals surface area contributed by atoms with Crippen molar-refractivity contribution in [1.29, 1.82) is 0 Å². The van der Waals surface area contributed by atoms with E-state index in [0.29, 0.717) is 0 Å². The fraction of sp³-hybridized carbons (Fsp3) is 0.957. The number of aliphatic hydroxyl groups excluding tert-OH is 1. The van der Waals surface area contributed by atoms with Gasteiger partial charge in [0.05, 0.1) is 13.2 Å². The summed E-state index contributed by atoms with van der Waals surface area (Å²) in [6, 6.07) is 0. The van der Waals surface area contributed by atoms with Crippen LogP contribution in [0.25, 0.3) is 0 Å². The zero-order valence-electron chi connectivity index (χ0n) is 20.2. The van der Waals surface area contributed by atoms with Gasteiger partial charge in [-0.15, -0.1) is 0 Å². The van der Waals surface area contributed by atoms with Gasteiger partial charge in [0.2, 0.25) is 0 Å². The average Bonchev–Trinajstić information content (AvgIpc) is 2.77. The van der Waals surface area contributed by atoms with Crippen LogP contribution in [0.15, 0.2) is 0 Å². The van der Waals surface area contributed by atoms with E-state index in [9.17, 15) is 19.4 Å². The molecule has 0 aromatic carbocycles. The number of ether oxygens (including phenoxy) is 1. The molecule has 0 rings (SSSR count). The van der Waals surface area contributed by atoms with Crippen molar-refractivity contribution in [2.24, 2.45) is 5.73 Å². The average molecular weight is 482 g/mol.